The first kappa shape index (κ1) is 23.1. The molecule has 6 nitrogen and oxygen atoms in total. The summed E-state index contributed by atoms with van der Waals surface area (Å²) in [7, 11) is 0. The van der Waals surface area contributed by atoms with Gasteiger partial charge in [0, 0.05) is 10.9 Å². The number of ether oxygens (including phenoxy) is 2. The number of carbonyl (C=O) groups excluding carboxylic acids is 2. The summed E-state index contributed by atoms with van der Waals surface area (Å²) in [5.74, 6) is -1.71. The highest BCUT2D eigenvalue weighted by Gasteiger charge is 2.16. The van der Waals surface area contributed by atoms with E-state index < -0.39 is 18.5 Å². The monoisotopic (exact) mass is 480 g/mol. The second kappa shape index (κ2) is 10.7. The van der Waals surface area contributed by atoms with Gasteiger partial charge in [0.15, 0.2) is 11.7 Å². The quantitative estimate of drug-likeness (QED) is 0.339. The summed E-state index contributed by atoms with van der Waals surface area (Å²) < 4.78 is 36.9. The average Bonchev–Trinajstić information content (AvgIpc) is 3.31. The van der Waals surface area contributed by atoms with Crippen LogP contribution < -0.4 is 10.1 Å². The lowest BCUT2D eigenvalue weighted by Crippen LogP contribution is -2.21. The van der Waals surface area contributed by atoms with Crippen molar-refractivity contribution < 1.29 is 27.8 Å². The van der Waals surface area contributed by atoms with E-state index in [0.29, 0.717) is 16.4 Å². The minimum Gasteiger partial charge on any atom is -0.488 e. The van der Waals surface area contributed by atoms with E-state index in [1.54, 1.807) is 47.8 Å². The summed E-state index contributed by atoms with van der Waals surface area (Å²) >= 11 is 1.19. The topological polar surface area (TPSA) is 77.5 Å². The number of carbonyl (C=O) groups is 2. The predicted octanol–water partition coefficient (Wildman–Crippen LogP) is 5.46. The van der Waals surface area contributed by atoms with Crippen molar-refractivity contribution in [3.8, 4) is 17.0 Å². The van der Waals surface area contributed by atoms with Crippen LogP contribution in [0.15, 0.2) is 78.2 Å². The van der Waals surface area contributed by atoms with Gasteiger partial charge in [-0.05, 0) is 54.1 Å². The second-order valence-corrected chi connectivity index (χ2v) is 7.94. The third-order valence-electron chi connectivity index (χ3n) is 4.64. The Morgan fingerprint density at radius 2 is 1.59 bits per heavy atom. The lowest BCUT2D eigenvalue weighted by atomic mass is 10.2. The maximum absolute atomic E-state index is 13.1. The van der Waals surface area contributed by atoms with Gasteiger partial charge in [-0.1, -0.05) is 24.3 Å². The minimum atomic E-state index is -0.726. The van der Waals surface area contributed by atoms with Gasteiger partial charge in [-0.3, -0.25) is 10.1 Å². The van der Waals surface area contributed by atoms with Crippen molar-refractivity contribution in [3.05, 3.63) is 101 Å². The van der Waals surface area contributed by atoms with Gasteiger partial charge in [-0.25, -0.2) is 18.6 Å². The highest BCUT2D eigenvalue weighted by molar-refractivity contribution is 7.14. The number of nitrogens with zero attached hydrogens (tertiary/aromatic N) is 1. The molecule has 0 aliphatic heterocycles. The van der Waals surface area contributed by atoms with E-state index >= 15 is 0 Å². The minimum absolute atomic E-state index is 0.130. The molecule has 0 saturated heterocycles. The van der Waals surface area contributed by atoms with Crippen molar-refractivity contribution in [1.82, 2.24) is 4.98 Å². The number of benzene rings is 3. The van der Waals surface area contributed by atoms with Gasteiger partial charge in [0.2, 0.25) is 0 Å². The zero-order valence-electron chi connectivity index (χ0n) is 17.7. The van der Waals surface area contributed by atoms with Gasteiger partial charge in [-0.2, -0.15) is 0 Å². The molecule has 34 heavy (non-hydrogen) atoms. The number of aromatic nitrogens is 1. The first-order valence-corrected chi connectivity index (χ1v) is 11.0. The molecular formula is C25H18F2N2O4S. The summed E-state index contributed by atoms with van der Waals surface area (Å²) in [6.07, 6.45) is 0. The number of nitrogens with one attached hydrogen (secondary N) is 1. The standard InChI is InChI=1S/C25H18F2N2O4S/c26-18-9-5-16(6-10-18)13-32-22-4-2-1-3-20(22)24(31)33-14-23(30)29-25-28-21(15-34-25)17-7-11-19(27)12-8-17/h1-12,15H,13-14H2,(H,28,29,30). The van der Waals surface area contributed by atoms with Gasteiger partial charge in [-0.15, -0.1) is 11.3 Å². The number of esters is 1. The van der Waals surface area contributed by atoms with Gasteiger partial charge in [0.25, 0.3) is 5.91 Å². The van der Waals surface area contributed by atoms with Crippen LogP contribution in [-0.4, -0.2) is 23.5 Å². The molecule has 0 spiro atoms. The summed E-state index contributed by atoms with van der Waals surface area (Å²) in [4.78, 5) is 29.0. The second-order valence-electron chi connectivity index (χ2n) is 7.08. The van der Waals surface area contributed by atoms with E-state index in [2.05, 4.69) is 10.3 Å². The Kier molecular flexibility index (Phi) is 7.24. The van der Waals surface area contributed by atoms with Crippen LogP contribution in [0.3, 0.4) is 0 Å². The highest BCUT2D eigenvalue weighted by Crippen LogP contribution is 2.25. The van der Waals surface area contributed by atoms with E-state index in [9.17, 15) is 18.4 Å². The van der Waals surface area contributed by atoms with Crippen LogP contribution in [0.2, 0.25) is 0 Å². The van der Waals surface area contributed by atoms with Gasteiger partial charge >= 0.3 is 5.97 Å². The molecule has 0 bridgehead atoms. The Bertz CT molecular complexity index is 1290. The van der Waals surface area contributed by atoms with Crippen LogP contribution in [0.25, 0.3) is 11.3 Å². The van der Waals surface area contributed by atoms with Crippen molar-refractivity contribution in [1.29, 1.82) is 0 Å². The number of rotatable bonds is 8. The molecule has 0 unspecified atom stereocenters. The SMILES string of the molecule is O=C(COC(=O)c1ccccc1OCc1ccc(F)cc1)Nc1nc(-c2ccc(F)cc2)cs1. The molecule has 0 atom stereocenters. The van der Waals surface area contributed by atoms with Crippen molar-refractivity contribution >= 4 is 28.3 Å². The van der Waals surface area contributed by atoms with Gasteiger partial charge < -0.3 is 9.47 Å². The van der Waals surface area contributed by atoms with Crippen LogP contribution in [0, 0.1) is 11.6 Å². The molecule has 4 aromatic rings. The Morgan fingerprint density at radius 3 is 2.32 bits per heavy atom. The molecule has 0 aliphatic rings. The molecule has 1 amide bonds. The number of anilines is 1. The fourth-order valence-corrected chi connectivity index (χ4v) is 3.69. The lowest BCUT2D eigenvalue weighted by molar-refractivity contribution is -0.119. The molecule has 1 aromatic heterocycles. The Hall–Kier alpha value is -4.11. The molecule has 0 fully saturated rings. The third-order valence-corrected chi connectivity index (χ3v) is 5.40. The molecule has 172 valence electrons. The van der Waals surface area contributed by atoms with Crippen LogP contribution in [-0.2, 0) is 16.1 Å². The fourth-order valence-electron chi connectivity index (χ4n) is 2.95. The molecule has 4 rings (SSSR count). The van der Waals surface area contributed by atoms with Gasteiger partial charge in [0.05, 0.1) is 5.69 Å². The Morgan fingerprint density at radius 1 is 0.912 bits per heavy atom. The number of halogens is 2. The maximum Gasteiger partial charge on any atom is 0.342 e. The van der Waals surface area contributed by atoms with E-state index in [1.165, 1.54) is 41.7 Å². The molecule has 0 saturated carbocycles. The van der Waals surface area contributed by atoms with Crippen molar-refractivity contribution in [2.24, 2.45) is 0 Å². The molecular weight excluding hydrogens is 462 g/mol. The van der Waals surface area contributed by atoms with Gasteiger partial charge in [0.1, 0.15) is 29.6 Å². The molecule has 9 heteroatoms. The summed E-state index contributed by atoms with van der Waals surface area (Å²) in [6.45, 7) is -0.387. The number of thiazole rings is 1. The predicted molar refractivity (Wildman–Crippen MR) is 124 cm³/mol. The van der Waals surface area contributed by atoms with Crippen LogP contribution >= 0.6 is 11.3 Å². The van der Waals surface area contributed by atoms with Crippen LogP contribution in [0.1, 0.15) is 15.9 Å². The van der Waals surface area contributed by atoms with E-state index in [0.717, 1.165) is 5.56 Å². The van der Waals surface area contributed by atoms with Crippen molar-refractivity contribution in [3.63, 3.8) is 0 Å². The first-order chi connectivity index (χ1) is 16.5. The summed E-state index contributed by atoms with van der Waals surface area (Å²) in [5, 5.41) is 4.62. The van der Waals surface area contributed by atoms with Crippen molar-refractivity contribution in [2.75, 3.05) is 11.9 Å². The zero-order valence-corrected chi connectivity index (χ0v) is 18.5. The van der Waals surface area contributed by atoms with E-state index in [4.69, 9.17) is 9.47 Å². The van der Waals surface area contributed by atoms with E-state index in [-0.39, 0.29) is 29.6 Å². The Labute approximate surface area is 197 Å². The molecule has 1 N–H and O–H groups in total. The lowest BCUT2D eigenvalue weighted by Gasteiger charge is -2.11. The average molecular weight is 480 g/mol. The molecule has 1 heterocycles. The molecule has 3 aromatic carbocycles. The summed E-state index contributed by atoms with van der Waals surface area (Å²) in [5.41, 5.74) is 2.18. The summed E-state index contributed by atoms with van der Waals surface area (Å²) in [6, 6.07) is 18.1. The normalized spacial score (nSPS) is 10.5. The highest BCUT2D eigenvalue weighted by atomic mass is 32.1. The zero-order chi connectivity index (χ0) is 23.9. The third kappa shape index (κ3) is 6.02. The molecule has 0 radical (unpaired) electrons. The molecule has 0 aliphatic carbocycles. The van der Waals surface area contributed by atoms with Crippen molar-refractivity contribution in [2.45, 2.75) is 6.61 Å². The maximum atomic E-state index is 13.1. The van der Waals surface area contributed by atoms with E-state index in [1.807, 2.05) is 0 Å². The number of amides is 1. The first-order valence-electron chi connectivity index (χ1n) is 10.1. The fraction of sp³-hybridized carbons (Fsp3) is 0.0800. The smallest absolute Gasteiger partial charge is 0.342 e. The number of hydrogen-bond acceptors (Lipinski definition) is 6. The van der Waals surface area contributed by atoms with Crippen LogP contribution in [0.5, 0.6) is 5.75 Å². The number of para-hydroxylation sites is 1. The van der Waals surface area contributed by atoms with Crippen LogP contribution in [0.4, 0.5) is 13.9 Å². The Balaban J connectivity index is 1.32. The largest absolute Gasteiger partial charge is 0.488 e. The number of hydrogen-bond donors (Lipinski definition) is 1.